The minimum Gasteiger partial charge on any atom is -0.491 e. The topological polar surface area (TPSA) is 495 Å². The van der Waals surface area contributed by atoms with E-state index in [2.05, 4.69) is 92.2 Å². The lowest BCUT2D eigenvalue weighted by Gasteiger charge is -2.13. The lowest BCUT2D eigenvalue weighted by atomic mass is 9.99. The Morgan fingerprint density at radius 3 is 1.26 bits per heavy atom. The average Bonchev–Trinajstić information content (AvgIpc) is 1.59. The Hall–Kier alpha value is -13.2. The van der Waals surface area contributed by atoms with Gasteiger partial charge in [0, 0.05) is 158 Å². The van der Waals surface area contributed by atoms with E-state index < -0.39 is 53.3 Å². The summed E-state index contributed by atoms with van der Waals surface area (Å²) in [5.74, 6) is -2.62. The molecule has 0 bridgehead atoms. The Kier molecular flexibility index (Phi) is 37.9. The first-order valence-corrected chi connectivity index (χ1v) is 43.7. The number of imidazole rings is 3. The maximum absolute atomic E-state index is 13.6. The van der Waals surface area contributed by atoms with E-state index in [9.17, 15) is 47.9 Å². The molecular formula is C87H110ClN23O20S. The monoisotopic (exact) mass is 1860 g/mol. The van der Waals surface area contributed by atoms with Crippen LogP contribution in [0.2, 0.25) is 5.02 Å². The van der Waals surface area contributed by atoms with Crippen molar-refractivity contribution in [1.29, 1.82) is 0 Å². The molecular weight excluding hydrogens is 1750 g/mol. The van der Waals surface area contributed by atoms with Crippen LogP contribution >= 0.6 is 22.9 Å². The van der Waals surface area contributed by atoms with Crippen LogP contribution in [-0.2, 0) is 104 Å². The molecule has 10 aromatic rings. The highest BCUT2D eigenvalue weighted by Crippen LogP contribution is 2.40. The van der Waals surface area contributed by atoms with Crippen molar-refractivity contribution >= 4 is 122 Å². The number of nitrogens with one attached hydrogen (secondary N) is 10. The zero-order valence-electron chi connectivity index (χ0n) is 74.8. The number of halogens is 1. The number of nitrogens with zero attached hydrogens (tertiary/aromatic N) is 13. The van der Waals surface area contributed by atoms with E-state index in [0.29, 0.717) is 147 Å². The number of carbonyl (C=O) groups is 10. The zero-order chi connectivity index (χ0) is 94.0. The van der Waals surface area contributed by atoms with Crippen molar-refractivity contribution < 1.29 is 95.3 Å². The predicted molar refractivity (Wildman–Crippen MR) is 487 cm³/mol. The van der Waals surface area contributed by atoms with E-state index in [1.54, 1.807) is 94.8 Å². The molecule has 10 N–H and O–H groups in total. The molecule has 1 atom stereocenters. The fraction of sp³-hybridized carbons (Fsp3) is 0.425. The van der Waals surface area contributed by atoms with Crippen LogP contribution in [0.5, 0.6) is 5.75 Å². The second-order valence-electron chi connectivity index (χ2n) is 30.0. The van der Waals surface area contributed by atoms with Crippen LogP contribution < -0.4 is 57.9 Å². The van der Waals surface area contributed by atoms with Gasteiger partial charge in [-0.05, 0) is 80.9 Å². The summed E-state index contributed by atoms with van der Waals surface area (Å²) in [6.07, 6.45) is 10.3. The number of aryl methyl sites for hydroxylation is 8. The molecule has 8 aromatic heterocycles. The maximum atomic E-state index is 13.6. The van der Waals surface area contributed by atoms with Crippen molar-refractivity contribution in [2.45, 2.75) is 52.5 Å². The summed E-state index contributed by atoms with van der Waals surface area (Å²) in [5.41, 5.74) is 5.92. The number of aliphatic imine (C=N–C) groups is 1. The molecule has 0 fully saturated rings. The van der Waals surface area contributed by atoms with Crippen LogP contribution in [0.4, 0.5) is 34.4 Å². The molecule has 0 spiro atoms. The molecule has 10 amide bonds. The van der Waals surface area contributed by atoms with E-state index in [4.69, 9.17) is 64.0 Å². The number of hydrogen-bond donors (Lipinski definition) is 10. The number of amides is 10. The quantitative estimate of drug-likeness (QED) is 0.0202. The third kappa shape index (κ3) is 29.7. The molecule has 45 heteroatoms. The van der Waals surface area contributed by atoms with Crippen molar-refractivity contribution in [3.8, 4) is 10.8 Å². The van der Waals surface area contributed by atoms with Crippen LogP contribution in [0.25, 0.3) is 5.00 Å². The van der Waals surface area contributed by atoms with Gasteiger partial charge in [-0.3, -0.25) is 57.5 Å². The first-order valence-electron chi connectivity index (χ1n) is 42.5. The predicted octanol–water partition coefficient (Wildman–Crippen LogP) is 5.78. The molecule has 0 unspecified atom stereocenters. The first-order chi connectivity index (χ1) is 63.7. The summed E-state index contributed by atoms with van der Waals surface area (Å²) in [4.78, 5) is 149. The molecule has 43 nitrogen and oxygen atoms in total. The largest absolute Gasteiger partial charge is 0.491 e. The normalized spacial score (nSPS) is 12.2. The van der Waals surface area contributed by atoms with Gasteiger partial charge in [-0.2, -0.15) is 0 Å². The summed E-state index contributed by atoms with van der Waals surface area (Å²) < 4.78 is 66.9. The van der Waals surface area contributed by atoms with Crippen molar-refractivity contribution in [2.75, 3.05) is 184 Å². The smallest absolute Gasteiger partial charge is 0.291 e. The van der Waals surface area contributed by atoms with E-state index in [-0.39, 0.29) is 128 Å². The standard InChI is InChI=1S/C87H110ClN23O20S/c1-55-56(2)132-87-75(55)76(58-10-12-59(88)13-11-58)98-65(77-104-103-57(3)111(77)87)49-74(115)94-60-14-16-64(17-15-60)131-45-44-130-43-42-129-41-40-128-39-38-127-37-36-126-35-34-125-33-32-124-31-30-123-29-28-122-27-25-89-71(112)18-21-91-81(116)67-47-62(51-107(67)6)96-85(120)79-101-70(53-109(79)8)100-73(114)20-23-93-83(118)68-48-63(52-108(68)7)97-86(121)80-102-69(54-110(80)9)99-72(113)19-22-92-82(117)66-46-61(50-106(66)5)95-84(119)78-90-24-26-105(78)4/h10-17,24,26,46-48,50-54,65H,18-23,25,27-45,49H2,1-9H3,(H,89,112)(H,91,116)(H,92,117)(H,93,118)(H,94,115)(H,95,119)(H,96,120)(H,97,121)(H,99,113)(H,100,114)/t65-/m0/s1. The van der Waals surface area contributed by atoms with Gasteiger partial charge >= 0.3 is 0 Å². The molecule has 0 saturated heterocycles. The van der Waals surface area contributed by atoms with Gasteiger partial charge in [0.1, 0.15) is 46.3 Å². The summed E-state index contributed by atoms with van der Waals surface area (Å²) in [5, 5.41) is 37.6. The molecule has 0 saturated carbocycles. The highest BCUT2D eigenvalue weighted by molar-refractivity contribution is 7.15. The SMILES string of the molecule is Cc1sc2c(c1C)C(c1ccc(Cl)cc1)=N[C@@H](CC(=O)Nc1ccc(OCCOCCOCCOCCOCCOCCOCCOCCOCCOCCNC(=O)CCNC(=O)c3cc(NC(=O)c4nc(NC(=O)CCNC(=O)c5cc(NC(=O)c6nc(NC(=O)CCNC(=O)c7cc(NC(=O)c8nccn8C)cn7C)cn6C)cn5C)cn4C)cn3C)cc1)c1nnc(C)n1-2. The van der Waals surface area contributed by atoms with Gasteiger partial charge in [0.25, 0.3) is 35.4 Å². The van der Waals surface area contributed by atoms with Gasteiger partial charge in [-0.1, -0.05) is 23.7 Å². The lowest BCUT2D eigenvalue weighted by molar-refractivity contribution is -0.121. The van der Waals surface area contributed by atoms with Crippen molar-refractivity contribution in [2.24, 2.45) is 47.3 Å². The summed E-state index contributed by atoms with van der Waals surface area (Å²) in [7, 11) is 9.63. The molecule has 2 aromatic carbocycles. The van der Waals surface area contributed by atoms with Gasteiger partial charge in [-0.15, -0.1) is 21.5 Å². The van der Waals surface area contributed by atoms with Crippen LogP contribution in [0, 0.1) is 20.8 Å². The number of rotatable bonds is 55. The Bertz CT molecular complexity index is 5630. The number of hydrogen-bond acceptors (Lipinski definition) is 27. The third-order valence-electron chi connectivity index (χ3n) is 20.0. The number of carbonyl (C=O) groups excluding carboxylic acids is 10. The number of thiophene rings is 1. The van der Waals surface area contributed by atoms with E-state index in [0.717, 1.165) is 38.1 Å². The minimum atomic E-state index is -0.649. The lowest BCUT2D eigenvalue weighted by Crippen LogP contribution is -2.33. The number of aromatic nitrogens is 12. The Morgan fingerprint density at radius 1 is 0.409 bits per heavy atom. The van der Waals surface area contributed by atoms with Gasteiger partial charge < -0.3 is 128 Å². The number of ether oxygens (including phenoxy) is 10. The fourth-order valence-electron chi connectivity index (χ4n) is 13.3. The summed E-state index contributed by atoms with van der Waals surface area (Å²) in [6.45, 7) is 13.6. The second-order valence-corrected chi connectivity index (χ2v) is 31.7. The van der Waals surface area contributed by atoms with Crippen LogP contribution in [-0.4, -0.2) is 274 Å². The number of benzene rings is 2. The molecule has 706 valence electrons. The van der Waals surface area contributed by atoms with Gasteiger partial charge in [-0.25, -0.2) is 15.0 Å². The second kappa shape index (κ2) is 50.3. The molecule has 11 rings (SSSR count). The highest BCUT2D eigenvalue weighted by atomic mass is 35.5. The van der Waals surface area contributed by atoms with Gasteiger partial charge in [0.2, 0.25) is 35.3 Å². The van der Waals surface area contributed by atoms with Gasteiger partial charge in [0.15, 0.2) is 23.3 Å². The van der Waals surface area contributed by atoms with Crippen molar-refractivity contribution in [3.63, 3.8) is 0 Å². The highest BCUT2D eigenvalue weighted by Gasteiger charge is 2.33. The Balaban J connectivity index is 0.434. The van der Waals surface area contributed by atoms with Crippen LogP contribution in [0.1, 0.15) is 128 Å². The number of fused-ring (bicyclic) bond motifs is 3. The van der Waals surface area contributed by atoms with E-state index >= 15 is 0 Å². The van der Waals surface area contributed by atoms with Crippen LogP contribution in [0.3, 0.4) is 0 Å². The van der Waals surface area contributed by atoms with Gasteiger partial charge in [0.05, 0.1) is 148 Å². The zero-order valence-corrected chi connectivity index (χ0v) is 76.4. The minimum absolute atomic E-state index is 0.00431. The average molecular weight is 1870 g/mol. The Labute approximate surface area is 769 Å². The van der Waals surface area contributed by atoms with Crippen molar-refractivity contribution in [3.05, 3.63) is 183 Å². The molecule has 0 radical (unpaired) electrons. The van der Waals surface area contributed by atoms with E-state index in [1.165, 1.54) is 72.0 Å². The first kappa shape index (κ1) is 99.4. The summed E-state index contributed by atoms with van der Waals surface area (Å²) in [6, 6.07) is 18.5. The molecule has 1 aliphatic rings. The van der Waals surface area contributed by atoms with Crippen LogP contribution in [0.15, 0.2) is 115 Å². The van der Waals surface area contributed by atoms with Crippen molar-refractivity contribution in [1.82, 2.24) is 78.4 Å². The summed E-state index contributed by atoms with van der Waals surface area (Å²) >= 11 is 7.92. The molecule has 1 aliphatic heterocycles. The molecule has 132 heavy (non-hydrogen) atoms. The Morgan fingerprint density at radius 2 is 0.826 bits per heavy atom. The molecule has 9 heterocycles. The molecule has 0 aliphatic carbocycles. The number of anilines is 6. The third-order valence-corrected chi connectivity index (χ3v) is 21.5. The fourth-order valence-corrected chi connectivity index (χ4v) is 14.7. The van der Waals surface area contributed by atoms with E-state index in [1.807, 2.05) is 35.8 Å². The maximum Gasteiger partial charge on any atom is 0.291 e.